The van der Waals surface area contributed by atoms with E-state index >= 15 is 0 Å². The number of benzene rings is 4. The Hall–Kier alpha value is -5.37. The molecular weight excluding hydrogens is 512 g/mol. The number of rotatable bonds is 3. The van der Waals surface area contributed by atoms with Gasteiger partial charge < -0.3 is 20.4 Å². The predicted molar refractivity (Wildman–Crippen MR) is 163 cm³/mol. The monoisotopic (exact) mass is 540 g/mol. The largest absolute Gasteiger partial charge is 0.504 e. The molecule has 7 rings (SSSR count). The van der Waals surface area contributed by atoms with Gasteiger partial charge in [-0.15, -0.1) is 0 Å². The minimum absolute atomic E-state index is 0.173. The van der Waals surface area contributed by atoms with E-state index in [-0.39, 0.29) is 11.5 Å². The molecule has 0 radical (unpaired) electrons. The fourth-order valence-corrected chi connectivity index (χ4v) is 5.57. The van der Waals surface area contributed by atoms with Gasteiger partial charge in [-0.25, -0.2) is 14.7 Å². The van der Waals surface area contributed by atoms with Crippen LogP contribution in [0.25, 0.3) is 5.69 Å². The Labute approximate surface area is 237 Å². The van der Waals surface area contributed by atoms with Gasteiger partial charge in [-0.2, -0.15) is 5.10 Å². The third-order valence-electron chi connectivity index (χ3n) is 7.60. The average molecular weight is 541 g/mol. The Morgan fingerprint density at radius 1 is 0.780 bits per heavy atom. The molecule has 0 spiro atoms. The first kappa shape index (κ1) is 24.7. The summed E-state index contributed by atoms with van der Waals surface area (Å²) in [5.74, 6) is 1.57. The number of nitrogens with one attached hydrogen (secondary N) is 1. The van der Waals surface area contributed by atoms with Crippen LogP contribution >= 0.6 is 0 Å². The Morgan fingerprint density at radius 3 is 2.37 bits per heavy atom. The van der Waals surface area contributed by atoms with Crippen molar-refractivity contribution in [1.29, 1.82) is 0 Å². The highest BCUT2D eigenvalue weighted by atomic mass is 16.3. The lowest BCUT2D eigenvalue weighted by molar-refractivity contribution is 0.403. The number of phenolic OH excluding ortho intramolecular Hbond substituents is 2. The van der Waals surface area contributed by atoms with Crippen molar-refractivity contribution in [3.8, 4) is 17.2 Å². The zero-order chi connectivity index (χ0) is 28.2. The van der Waals surface area contributed by atoms with Crippen LogP contribution in [0.5, 0.6) is 11.5 Å². The lowest BCUT2D eigenvalue weighted by Crippen LogP contribution is -2.46. The molecule has 0 fully saturated rings. The maximum atomic E-state index is 10.6. The lowest BCUT2D eigenvalue weighted by Gasteiger charge is -2.40. The zero-order valence-corrected chi connectivity index (χ0v) is 22.9. The van der Waals surface area contributed by atoms with Crippen molar-refractivity contribution in [3.05, 3.63) is 119 Å². The van der Waals surface area contributed by atoms with Gasteiger partial charge in [0.25, 0.3) is 0 Å². The summed E-state index contributed by atoms with van der Waals surface area (Å²) in [6.45, 7) is 6.10. The van der Waals surface area contributed by atoms with Gasteiger partial charge in [0.15, 0.2) is 29.0 Å². The summed E-state index contributed by atoms with van der Waals surface area (Å²) >= 11 is 0. The van der Waals surface area contributed by atoms with Crippen molar-refractivity contribution in [2.45, 2.75) is 26.8 Å². The number of amidine groups is 2. The average Bonchev–Trinajstić information content (AvgIpc) is 3.32. The van der Waals surface area contributed by atoms with Gasteiger partial charge in [0, 0.05) is 11.3 Å². The third kappa shape index (κ3) is 4.03. The Bertz CT molecular complexity index is 1890. The SMILES string of the molecule is Cc1ccc(C)c(NC2=Nc3ccccc3N3C2=Nc2c(c(C)nn2-c2ccccc2)[C@@H]3c2ccc(O)c(O)c2)c1. The van der Waals surface area contributed by atoms with E-state index in [4.69, 9.17) is 15.1 Å². The van der Waals surface area contributed by atoms with Crippen LogP contribution in [0.1, 0.15) is 34.0 Å². The number of fused-ring (bicyclic) bond motifs is 4. The fourth-order valence-electron chi connectivity index (χ4n) is 5.57. The van der Waals surface area contributed by atoms with Crippen molar-refractivity contribution < 1.29 is 10.2 Å². The van der Waals surface area contributed by atoms with E-state index in [0.717, 1.165) is 50.7 Å². The van der Waals surface area contributed by atoms with Crippen molar-refractivity contribution in [3.63, 3.8) is 0 Å². The normalized spacial score (nSPS) is 15.4. The molecule has 202 valence electrons. The van der Waals surface area contributed by atoms with Gasteiger partial charge in [0.05, 0.1) is 28.8 Å². The van der Waals surface area contributed by atoms with Crippen molar-refractivity contribution in [2.24, 2.45) is 9.98 Å². The standard InChI is InChI=1S/C33H28N6O2/c1-19-13-14-20(2)25(17-19)35-31-33-36-32-29(21(3)37-39(32)23-9-5-4-6-10-23)30(22-15-16-27(40)28(41)18-22)38(33)26-12-8-7-11-24(26)34-31/h4-18,30,40-41H,1-3H3,(H,34,35)/t30-/m0/s1. The molecule has 8 nitrogen and oxygen atoms in total. The number of aromatic nitrogens is 2. The van der Waals surface area contributed by atoms with Crippen LogP contribution in [-0.4, -0.2) is 31.7 Å². The van der Waals surface area contributed by atoms with E-state index in [1.165, 1.54) is 6.07 Å². The number of aliphatic imine (C=N–C) groups is 2. The highest BCUT2D eigenvalue weighted by Crippen LogP contribution is 2.49. The number of phenols is 2. The van der Waals surface area contributed by atoms with Crippen molar-refractivity contribution in [1.82, 2.24) is 9.78 Å². The topological polar surface area (TPSA) is 98.3 Å². The minimum atomic E-state index is -0.409. The first-order valence-corrected chi connectivity index (χ1v) is 13.5. The van der Waals surface area contributed by atoms with Crippen LogP contribution in [0.4, 0.5) is 22.9 Å². The zero-order valence-electron chi connectivity index (χ0n) is 22.9. The van der Waals surface area contributed by atoms with Crippen LogP contribution in [0.3, 0.4) is 0 Å². The first-order chi connectivity index (χ1) is 19.9. The van der Waals surface area contributed by atoms with Crippen LogP contribution in [0.2, 0.25) is 0 Å². The molecule has 2 aliphatic heterocycles. The molecule has 0 amide bonds. The molecule has 0 saturated carbocycles. The number of aromatic hydroxyl groups is 2. The van der Waals surface area contributed by atoms with Gasteiger partial charge in [0.1, 0.15) is 0 Å². The molecule has 8 heteroatoms. The molecule has 0 bridgehead atoms. The summed E-state index contributed by atoms with van der Waals surface area (Å²) < 4.78 is 1.86. The van der Waals surface area contributed by atoms with E-state index in [9.17, 15) is 10.2 Å². The van der Waals surface area contributed by atoms with Crippen LogP contribution < -0.4 is 10.2 Å². The summed E-state index contributed by atoms with van der Waals surface area (Å²) in [5.41, 5.74) is 8.24. The van der Waals surface area contributed by atoms with Gasteiger partial charge in [-0.3, -0.25) is 0 Å². The van der Waals surface area contributed by atoms with Gasteiger partial charge in [-0.05, 0) is 79.9 Å². The maximum Gasteiger partial charge on any atom is 0.179 e. The molecule has 3 N–H and O–H groups in total. The number of anilines is 2. The van der Waals surface area contributed by atoms with E-state index < -0.39 is 6.04 Å². The molecule has 0 unspecified atom stereocenters. The van der Waals surface area contributed by atoms with E-state index in [1.54, 1.807) is 6.07 Å². The molecule has 2 aliphatic rings. The molecule has 1 aromatic heterocycles. The van der Waals surface area contributed by atoms with E-state index in [0.29, 0.717) is 17.5 Å². The van der Waals surface area contributed by atoms with Gasteiger partial charge >= 0.3 is 0 Å². The second-order valence-electron chi connectivity index (χ2n) is 10.4. The Kier molecular flexibility index (Phi) is 5.64. The lowest BCUT2D eigenvalue weighted by atomic mass is 9.93. The number of nitrogens with zero attached hydrogens (tertiary/aromatic N) is 5. The van der Waals surface area contributed by atoms with Crippen molar-refractivity contribution >= 4 is 34.6 Å². The van der Waals surface area contributed by atoms with E-state index in [1.807, 2.05) is 72.3 Å². The molecule has 0 saturated heterocycles. The molecule has 41 heavy (non-hydrogen) atoms. The minimum Gasteiger partial charge on any atom is -0.504 e. The number of para-hydroxylation sites is 3. The van der Waals surface area contributed by atoms with Gasteiger partial charge in [0.2, 0.25) is 0 Å². The van der Waals surface area contributed by atoms with Crippen LogP contribution in [-0.2, 0) is 0 Å². The highest BCUT2D eigenvalue weighted by Gasteiger charge is 2.41. The summed E-state index contributed by atoms with van der Waals surface area (Å²) in [6.07, 6.45) is 0. The summed E-state index contributed by atoms with van der Waals surface area (Å²) in [4.78, 5) is 12.4. The number of hydrogen-bond donors (Lipinski definition) is 3. The van der Waals surface area contributed by atoms with Crippen LogP contribution in [0.15, 0.2) is 101 Å². The molecule has 4 aromatic carbocycles. The second-order valence-corrected chi connectivity index (χ2v) is 10.4. The first-order valence-electron chi connectivity index (χ1n) is 13.5. The summed E-state index contributed by atoms with van der Waals surface area (Å²) in [7, 11) is 0. The molecule has 0 aliphatic carbocycles. The van der Waals surface area contributed by atoms with Crippen LogP contribution in [0, 0.1) is 20.8 Å². The second kappa shape index (κ2) is 9.38. The third-order valence-corrected chi connectivity index (χ3v) is 7.60. The fraction of sp³-hybridized carbons (Fsp3) is 0.121. The molecule has 5 aromatic rings. The Morgan fingerprint density at radius 2 is 1.56 bits per heavy atom. The van der Waals surface area contributed by atoms with Gasteiger partial charge in [-0.1, -0.05) is 48.5 Å². The molecular formula is C33H28N6O2. The number of aryl methyl sites for hydroxylation is 3. The summed E-state index contributed by atoms with van der Waals surface area (Å²) in [5, 5.41) is 29.2. The quantitative estimate of drug-likeness (QED) is 0.214. The highest BCUT2D eigenvalue weighted by molar-refractivity contribution is 6.51. The predicted octanol–water partition coefficient (Wildman–Crippen LogP) is 7.00. The Balaban J connectivity index is 1.51. The number of hydrogen-bond acceptors (Lipinski definition) is 7. The van der Waals surface area contributed by atoms with E-state index in [2.05, 4.69) is 42.3 Å². The summed E-state index contributed by atoms with van der Waals surface area (Å²) in [6, 6.07) is 28.7. The smallest absolute Gasteiger partial charge is 0.179 e. The molecule has 3 heterocycles. The molecule has 1 atom stereocenters. The maximum absolute atomic E-state index is 10.6. The van der Waals surface area contributed by atoms with Crippen molar-refractivity contribution in [2.75, 3.05) is 10.2 Å².